The number of hydrogen-bond donors (Lipinski definition) is 1. The molecule has 1 aliphatic heterocycles. The van der Waals surface area contributed by atoms with Crippen LogP contribution in [0.3, 0.4) is 0 Å². The van der Waals surface area contributed by atoms with E-state index in [-0.39, 0.29) is 17.0 Å². The van der Waals surface area contributed by atoms with Gasteiger partial charge in [-0.25, -0.2) is 4.39 Å². The van der Waals surface area contributed by atoms with Crippen LogP contribution >= 0.6 is 0 Å². The zero-order valence-electron chi connectivity index (χ0n) is 14.4. The van der Waals surface area contributed by atoms with Crippen LogP contribution in [0.5, 0.6) is 5.75 Å². The molecule has 3 aromatic rings. The number of benzene rings is 2. The molecular weight excluding hydrogens is 333 g/mol. The van der Waals surface area contributed by atoms with Crippen molar-refractivity contribution >= 4 is 11.0 Å². The summed E-state index contributed by atoms with van der Waals surface area (Å²) >= 11 is 0. The van der Waals surface area contributed by atoms with Gasteiger partial charge in [-0.05, 0) is 55.8 Å². The Bertz CT molecular complexity index is 989. The van der Waals surface area contributed by atoms with Crippen molar-refractivity contribution in [1.82, 2.24) is 4.90 Å². The van der Waals surface area contributed by atoms with Crippen LogP contribution in [0, 0.1) is 5.82 Å². The minimum atomic E-state index is -0.354. The van der Waals surface area contributed by atoms with Gasteiger partial charge >= 0.3 is 0 Å². The molecule has 0 aliphatic carbocycles. The third-order valence-electron chi connectivity index (χ3n) is 5.01. The monoisotopic (exact) mass is 353 g/mol. The van der Waals surface area contributed by atoms with Crippen LogP contribution in [0.25, 0.3) is 22.1 Å². The Kier molecular flexibility index (Phi) is 4.47. The highest BCUT2D eigenvalue weighted by atomic mass is 19.1. The maximum absolute atomic E-state index is 13.1. The van der Waals surface area contributed by atoms with Crippen molar-refractivity contribution in [3.8, 4) is 16.9 Å². The Morgan fingerprint density at radius 1 is 1.04 bits per heavy atom. The molecule has 0 saturated carbocycles. The molecule has 0 amide bonds. The number of halogens is 1. The number of piperidine rings is 1. The van der Waals surface area contributed by atoms with E-state index in [4.69, 9.17) is 4.42 Å². The van der Waals surface area contributed by atoms with Gasteiger partial charge in [-0.1, -0.05) is 18.6 Å². The third kappa shape index (κ3) is 3.10. The second-order valence-electron chi connectivity index (χ2n) is 6.76. The molecule has 0 spiro atoms. The number of nitrogens with zero attached hydrogens (tertiary/aromatic N) is 1. The summed E-state index contributed by atoms with van der Waals surface area (Å²) < 4.78 is 18.9. The number of phenolic OH excluding ortho intramolecular Hbond substituents is 1. The van der Waals surface area contributed by atoms with Crippen molar-refractivity contribution in [1.29, 1.82) is 0 Å². The molecule has 0 unspecified atom stereocenters. The number of phenols is 1. The van der Waals surface area contributed by atoms with E-state index in [1.165, 1.54) is 24.8 Å². The first-order valence-corrected chi connectivity index (χ1v) is 8.88. The molecule has 1 aliphatic rings. The minimum absolute atomic E-state index is 0.140. The molecule has 4 rings (SSSR count). The van der Waals surface area contributed by atoms with Gasteiger partial charge in [0, 0.05) is 6.54 Å². The van der Waals surface area contributed by atoms with E-state index in [1.807, 2.05) is 0 Å². The van der Waals surface area contributed by atoms with Crippen LogP contribution in [0.1, 0.15) is 24.8 Å². The lowest BCUT2D eigenvalue weighted by Gasteiger charge is -2.26. The van der Waals surface area contributed by atoms with Crippen LogP contribution in [-0.2, 0) is 6.54 Å². The molecule has 0 atom stereocenters. The molecule has 1 saturated heterocycles. The molecule has 1 fully saturated rings. The summed E-state index contributed by atoms with van der Waals surface area (Å²) in [6, 6.07) is 8.89. The van der Waals surface area contributed by atoms with Crippen molar-refractivity contribution in [3.63, 3.8) is 0 Å². The summed E-state index contributed by atoms with van der Waals surface area (Å²) in [4.78, 5) is 15.2. The summed E-state index contributed by atoms with van der Waals surface area (Å²) in [5, 5.41) is 10.7. The lowest BCUT2D eigenvalue weighted by molar-refractivity contribution is 0.218. The summed E-state index contributed by atoms with van der Waals surface area (Å²) in [5.41, 5.74) is 1.87. The molecule has 2 heterocycles. The maximum Gasteiger partial charge on any atom is 0.200 e. The fourth-order valence-corrected chi connectivity index (χ4v) is 3.57. The number of hydrogen-bond acceptors (Lipinski definition) is 4. The predicted octanol–water partition coefficient (Wildman–Crippen LogP) is 4.29. The highest BCUT2D eigenvalue weighted by Gasteiger charge is 2.18. The first kappa shape index (κ1) is 16.8. The van der Waals surface area contributed by atoms with Gasteiger partial charge in [-0.3, -0.25) is 9.69 Å². The van der Waals surface area contributed by atoms with E-state index < -0.39 is 0 Å². The van der Waals surface area contributed by atoms with E-state index in [1.54, 1.807) is 24.3 Å². The molecule has 0 radical (unpaired) electrons. The molecule has 5 heteroatoms. The molecule has 4 nitrogen and oxygen atoms in total. The molecule has 1 aromatic heterocycles. The molecule has 26 heavy (non-hydrogen) atoms. The van der Waals surface area contributed by atoms with Crippen molar-refractivity contribution in [2.75, 3.05) is 13.1 Å². The van der Waals surface area contributed by atoms with Crippen molar-refractivity contribution in [2.24, 2.45) is 0 Å². The summed E-state index contributed by atoms with van der Waals surface area (Å²) in [6.07, 6.45) is 4.92. The zero-order chi connectivity index (χ0) is 18.1. The van der Waals surface area contributed by atoms with Gasteiger partial charge in [-0.2, -0.15) is 0 Å². The second-order valence-corrected chi connectivity index (χ2v) is 6.76. The Morgan fingerprint density at radius 2 is 1.77 bits per heavy atom. The van der Waals surface area contributed by atoms with Gasteiger partial charge < -0.3 is 9.52 Å². The van der Waals surface area contributed by atoms with Gasteiger partial charge in [0.25, 0.3) is 0 Å². The molecule has 1 N–H and O–H groups in total. The quantitative estimate of drug-likeness (QED) is 0.763. The third-order valence-corrected chi connectivity index (χ3v) is 5.01. The largest absolute Gasteiger partial charge is 0.507 e. The normalized spacial score (nSPS) is 15.4. The van der Waals surface area contributed by atoms with Gasteiger partial charge in [0.05, 0.1) is 16.5 Å². The van der Waals surface area contributed by atoms with E-state index in [9.17, 15) is 14.3 Å². The molecule has 2 aromatic carbocycles. The Labute approximate surface area is 150 Å². The van der Waals surface area contributed by atoms with E-state index in [2.05, 4.69) is 4.90 Å². The topological polar surface area (TPSA) is 53.7 Å². The average Bonchev–Trinajstić information content (AvgIpc) is 2.66. The Morgan fingerprint density at radius 3 is 2.50 bits per heavy atom. The minimum Gasteiger partial charge on any atom is -0.507 e. The van der Waals surface area contributed by atoms with Crippen LogP contribution in [0.15, 0.2) is 51.9 Å². The van der Waals surface area contributed by atoms with Gasteiger partial charge in [0.15, 0.2) is 0 Å². The van der Waals surface area contributed by atoms with E-state index in [0.717, 1.165) is 25.9 Å². The predicted molar refractivity (Wildman–Crippen MR) is 98.7 cm³/mol. The van der Waals surface area contributed by atoms with Crippen LogP contribution < -0.4 is 5.43 Å². The van der Waals surface area contributed by atoms with Crippen molar-refractivity contribution in [3.05, 3.63) is 64.3 Å². The van der Waals surface area contributed by atoms with E-state index >= 15 is 0 Å². The maximum atomic E-state index is 13.1. The number of fused-ring (bicyclic) bond motifs is 1. The lowest BCUT2D eigenvalue weighted by atomic mass is 10.0. The summed E-state index contributed by atoms with van der Waals surface area (Å²) in [6.45, 7) is 2.52. The highest BCUT2D eigenvalue weighted by molar-refractivity contribution is 5.85. The number of aromatic hydroxyl groups is 1. The highest BCUT2D eigenvalue weighted by Crippen LogP contribution is 2.29. The van der Waals surface area contributed by atoms with Gasteiger partial charge in [0.1, 0.15) is 23.4 Å². The molecule has 134 valence electrons. The summed E-state index contributed by atoms with van der Waals surface area (Å²) in [7, 11) is 0. The number of rotatable bonds is 3. The van der Waals surface area contributed by atoms with E-state index in [0.29, 0.717) is 34.2 Å². The lowest BCUT2D eigenvalue weighted by Crippen LogP contribution is -2.29. The fourth-order valence-electron chi connectivity index (χ4n) is 3.57. The number of likely N-dealkylation sites (tertiary alicyclic amines) is 1. The fraction of sp³-hybridized carbons (Fsp3) is 0.286. The Hall–Kier alpha value is -2.66. The second kappa shape index (κ2) is 6.92. The smallest absolute Gasteiger partial charge is 0.200 e. The van der Waals surface area contributed by atoms with Crippen molar-refractivity contribution in [2.45, 2.75) is 25.8 Å². The molecule has 0 bridgehead atoms. The first-order valence-electron chi connectivity index (χ1n) is 8.88. The molecular formula is C21H20FNO3. The van der Waals surface area contributed by atoms with Gasteiger partial charge in [0.2, 0.25) is 5.43 Å². The van der Waals surface area contributed by atoms with Gasteiger partial charge in [-0.15, -0.1) is 0 Å². The summed E-state index contributed by atoms with van der Waals surface area (Å²) in [5.74, 6) is -0.214. The van der Waals surface area contributed by atoms with Crippen molar-refractivity contribution < 1.29 is 13.9 Å². The zero-order valence-corrected chi connectivity index (χ0v) is 14.4. The SMILES string of the molecule is O=c1c(-c2ccc(F)cc2)coc2c(CN3CCCCC3)c(O)ccc12. The van der Waals surface area contributed by atoms with Crippen LogP contribution in [0.2, 0.25) is 0 Å². The van der Waals surface area contributed by atoms with Crippen LogP contribution in [0.4, 0.5) is 4.39 Å². The van der Waals surface area contributed by atoms with Crippen LogP contribution in [-0.4, -0.2) is 23.1 Å². The first-order chi connectivity index (χ1) is 12.6. The Balaban J connectivity index is 1.79. The average molecular weight is 353 g/mol. The standard InChI is InChI=1S/C21H20FNO3/c22-15-6-4-14(5-7-15)18-13-26-21-16(20(18)25)8-9-19(24)17(21)12-23-10-2-1-3-11-23/h4-9,13,24H,1-3,10-12H2.